The van der Waals surface area contributed by atoms with Gasteiger partial charge >= 0.3 is 0 Å². The molecule has 0 radical (unpaired) electrons. The van der Waals surface area contributed by atoms with Crippen molar-refractivity contribution < 1.29 is 4.74 Å². The quantitative estimate of drug-likeness (QED) is 0.810. The Hall–Kier alpha value is -1.19. The van der Waals surface area contributed by atoms with E-state index in [-0.39, 0.29) is 0 Å². The smallest absolute Gasteiger partial charge is 0.0965 e. The molecule has 0 spiro atoms. The maximum absolute atomic E-state index is 5.60. The second kappa shape index (κ2) is 5.21. The lowest BCUT2D eigenvalue weighted by Crippen LogP contribution is -2.21. The van der Waals surface area contributed by atoms with E-state index in [1.807, 2.05) is 6.07 Å². The van der Waals surface area contributed by atoms with Crippen LogP contribution in [-0.2, 0) is 4.74 Å². The molecule has 1 saturated heterocycles. The third kappa shape index (κ3) is 2.47. The molecule has 0 amide bonds. The molecule has 18 heavy (non-hydrogen) atoms. The predicted octanol–water partition coefficient (Wildman–Crippen LogP) is 4.09. The van der Waals surface area contributed by atoms with Crippen LogP contribution in [0.15, 0.2) is 35.7 Å². The minimum Gasteiger partial charge on any atom is -0.378 e. The zero-order valence-electron chi connectivity index (χ0n) is 10.5. The van der Waals surface area contributed by atoms with Gasteiger partial charge in [-0.2, -0.15) is 0 Å². The van der Waals surface area contributed by atoms with Crippen molar-refractivity contribution in [3.05, 3.63) is 40.7 Å². The van der Waals surface area contributed by atoms with E-state index in [1.165, 1.54) is 10.6 Å². The molecule has 1 aromatic carbocycles. The summed E-state index contributed by atoms with van der Waals surface area (Å²) >= 11 is 1.79. The molecule has 1 fully saturated rings. The Kier molecular flexibility index (Phi) is 3.43. The Labute approximate surface area is 112 Å². The molecule has 0 unspecified atom stereocenters. The zero-order chi connectivity index (χ0) is 12.4. The SMILES string of the molecule is C[C@H]1C[C@@H](c2nc(-c3ccccc3)cs2)CCO1. The van der Waals surface area contributed by atoms with Crippen LogP contribution in [0.25, 0.3) is 11.3 Å². The van der Waals surface area contributed by atoms with Gasteiger partial charge in [-0.25, -0.2) is 4.98 Å². The summed E-state index contributed by atoms with van der Waals surface area (Å²) in [5.41, 5.74) is 2.31. The number of ether oxygens (including phenoxy) is 1. The fourth-order valence-corrected chi connectivity index (χ4v) is 3.42. The third-order valence-electron chi connectivity index (χ3n) is 3.43. The number of thiazole rings is 1. The van der Waals surface area contributed by atoms with Gasteiger partial charge in [0.25, 0.3) is 0 Å². The van der Waals surface area contributed by atoms with E-state index in [2.05, 4.69) is 36.6 Å². The summed E-state index contributed by atoms with van der Waals surface area (Å²) in [5.74, 6) is 0.580. The lowest BCUT2D eigenvalue weighted by atomic mass is 9.97. The summed E-state index contributed by atoms with van der Waals surface area (Å²) in [6.07, 6.45) is 2.57. The Morgan fingerprint density at radius 3 is 2.89 bits per heavy atom. The first kappa shape index (κ1) is 11.9. The highest BCUT2D eigenvalue weighted by Crippen LogP contribution is 2.33. The predicted molar refractivity (Wildman–Crippen MR) is 74.9 cm³/mol. The topological polar surface area (TPSA) is 22.1 Å². The van der Waals surface area contributed by atoms with E-state index in [9.17, 15) is 0 Å². The molecule has 2 aromatic rings. The van der Waals surface area contributed by atoms with E-state index in [0.29, 0.717) is 12.0 Å². The maximum atomic E-state index is 5.60. The molecule has 0 saturated carbocycles. The highest BCUT2D eigenvalue weighted by atomic mass is 32.1. The van der Waals surface area contributed by atoms with Crippen LogP contribution in [0, 0.1) is 0 Å². The van der Waals surface area contributed by atoms with Crippen LogP contribution < -0.4 is 0 Å². The van der Waals surface area contributed by atoms with E-state index >= 15 is 0 Å². The first-order valence-electron chi connectivity index (χ1n) is 6.45. The minimum absolute atomic E-state index is 0.368. The minimum atomic E-state index is 0.368. The summed E-state index contributed by atoms with van der Waals surface area (Å²) in [5, 5.41) is 3.44. The van der Waals surface area contributed by atoms with Crippen molar-refractivity contribution in [2.24, 2.45) is 0 Å². The molecule has 1 aliphatic heterocycles. The van der Waals surface area contributed by atoms with Crippen molar-refractivity contribution in [3.63, 3.8) is 0 Å². The molecule has 3 rings (SSSR count). The fraction of sp³-hybridized carbons (Fsp3) is 0.400. The second-order valence-corrected chi connectivity index (χ2v) is 5.73. The second-order valence-electron chi connectivity index (χ2n) is 4.84. The first-order valence-corrected chi connectivity index (χ1v) is 7.33. The fourth-order valence-electron chi connectivity index (χ4n) is 2.44. The van der Waals surface area contributed by atoms with E-state index in [0.717, 1.165) is 25.1 Å². The van der Waals surface area contributed by atoms with Gasteiger partial charge in [0.05, 0.1) is 16.8 Å². The maximum Gasteiger partial charge on any atom is 0.0965 e. The summed E-state index contributed by atoms with van der Waals surface area (Å²) in [6, 6.07) is 10.4. The molecular weight excluding hydrogens is 242 g/mol. The van der Waals surface area contributed by atoms with Gasteiger partial charge < -0.3 is 4.74 Å². The van der Waals surface area contributed by atoms with Crippen LogP contribution >= 0.6 is 11.3 Å². The normalized spacial score (nSPS) is 24.1. The van der Waals surface area contributed by atoms with Gasteiger partial charge in [-0.3, -0.25) is 0 Å². The summed E-state index contributed by atoms with van der Waals surface area (Å²) < 4.78 is 5.60. The van der Waals surface area contributed by atoms with Gasteiger partial charge in [0.1, 0.15) is 0 Å². The van der Waals surface area contributed by atoms with E-state index in [4.69, 9.17) is 9.72 Å². The standard InChI is InChI=1S/C15H17NOS/c1-11-9-13(7-8-17-11)15-16-14(10-18-15)12-5-3-2-4-6-12/h2-6,10-11,13H,7-9H2,1H3/t11-,13-/m0/s1. The van der Waals surface area contributed by atoms with Crippen LogP contribution in [0.2, 0.25) is 0 Å². The van der Waals surface area contributed by atoms with Crippen LogP contribution in [0.5, 0.6) is 0 Å². The lowest BCUT2D eigenvalue weighted by molar-refractivity contribution is 0.0186. The molecule has 2 nitrogen and oxygen atoms in total. The molecule has 0 aliphatic carbocycles. The van der Waals surface area contributed by atoms with Crippen molar-refractivity contribution in [2.75, 3.05) is 6.61 Å². The molecule has 0 N–H and O–H groups in total. The summed E-state index contributed by atoms with van der Waals surface area (Å²) in [7, 11) is 0. The number of benzene rings is 1. The monoisotopic (exact) mass is 259 g/mol. The molecule has 3 heteroatoms. The Bertz CT molecular complexity index is 508. The number of rotatable bonds is 2. The number of hydrogen-bond acceptors (Lipinski definition) is 3. The Balaban J connectivity index is 1.81. The van der Waals surface area contributed by atoms with Crippen LogP contribution in [0.1, 0.15) is 30.7 Å². The average molecular weight is 259 g/mol. The number of aromatic nitrogens is 1. The van der Waals surface area contributed by atoms with Crippen molar-refractivity contribution >= 4 is 11.3 Å². The van der Waals surface area contributed by atoms with Crippen molar-refractivity contribution in [1.82, 2.24) is 4.98 Å². The van der Waals surface area contributed by atoms with Gasteiger partial charge in [-0.05, 0) is 19.8 Å². The van der Waals surface area contributed by atoms with Crippen LogP contribution in [-0.4, -0.2) is 17.7 Å². The first-order chi connectivity index (χ1) is 8.83. The van der Waals surface area contributed by atoms with Gasteiger partial charge in [-0.15, -0.1) is 11.3 Å². The van der Waals surface area contributed by atoms with Crippen LogP contribution in [0.3, 0.4) is 0 Å². The lowest BCUT2D eigenvalue weighted by Gasteiger charge is -2.25. The van der Waals surface area contributed by atoms with Gasteiger partial charge in [-0.1, -0.05) is 30.3 Å². The Morgan fingerprint density at radius 2 is 2.11 bits per heavy atom. The zero-order valence-corrected chi connectivity index (χ0v) is 11.3. The van der Waals surface area contributed by atoms with Crippen LogP contribution in [0.4, 0.5) is 0 Å². The molecule has 2 atom stereocenters. The molecule has 1 aromatic heterocycles. The number of hydrogen-bond donors (Lipinski definition) is 0. The van der Waals surface area contributed by atoms with E-state index < -0.39 is 0 Å². The Morgan fingerprint density at radius 1 is 1.28 bits per heavy atom. The van der Waals surface area contributed by atoms with E-state index in [1.54, 1.807) is 11.3 Å². The van der Waals surface area contributed by atoms with Gasteiger partial charge in [0.15, 0.2) is 0 Å². The van der Waals surface area contributed by atoms with Crippen molar-refractivity contribution in [1.29, 1.82) is 0 Å². The summed E-state index contributed by atoms with van der Waals surface area (Å²) in [4.78, 5) is 4.80. The van der Waals surface area contributed by atoms with Crippen molar-refractivity contribution in [3.8, 4) is 11.3 Å². The van der Waals surface area contributed by atoms with Gasteiger partial charge in [0.2, 0.25) is 0 Å². The molecule has 1 aliphatic rings. The highest BCUT2D eigenvalue weighted by Gasteiger charge is 2.23. The third-order valence-corrected chi connectivity index (χ3v) is 4.43. The highest BCUT2D eigenvalue weighted by molar-refractivity contribution is 7.10. The van der Waals surface area contributed by atoms with Gasteiger partial charge in [0, 0.05) is 23.5 Å². The average Bonchev–Trinajstić information content (AvgIpc) is 2.89. The molecule has 0 bridgehead atoms. The largest absolute Gasteiger partial charge is 0.378 e. The summed E-state index contributed by atoms with van der Waals surface area (Å²) in [6.45, 7) is 3.02. The molecule has 2 heterocycles. The van der Waals surface area contributed by atoms with Crippen molar-refractivity contribution in [2.45, 2.75) is 31.8 Å². The number of nitrogens with zero attached hydrogens (tertiary/aromatic N) is 1. The molecule has 94 valence electrons. The molecular formula is C15H17NOS.